The molecule has 2 aromatic rings. The van der Waals surface area contributed by atoms with Gasteiger partial charge in [0, 0.05) is 19.7 Å². The van der Waals surface area contributed by atoms with E-state index in [2.05, 4.69) is 5.32 Å². The van der Waals surface area contributed by atoms with Crippen molar-refractivity contribution < 1.29 is 14.0 Å². The van der Waals surface area contributed by atoms with Crippen LogP contribution in [-0.2, 0) is 4.79 Å². The summed E-state index contributed by atoms with van der Waals surface area (Å²) in [5, 5.41) is 3.14. The molecule has 0 aliphatic rings. The first-order chi connectivity index (χ1) is 10.4. The Bertz CT molecular complexity index is 694. The van der Waals surface area contributed by atoms with Crippen molar-refractivity contribution in [3.05, 3.63) is 47.2 Å². The lowest BCUT2D eigenvalue weighted by Crippen LogP contribution is -2.44. The van der Waals surface area contributed by atoms with Crippen LogP contribution >= 0.6 is 11.6 Å². The summed E-state index contributed by atoms with van der Waals surface area (Å²) in [5.74, 6) is 0.00269. The van der Waals surface area contributed by atoms with Gasteiger partial charge in [-0.3, -0.25) is 9.59 Å². The fourth-order valence-corrected chi connectivity index (χ4v) is 2.21. The van der Waals surface area contributed by atoms with Crippen LogP contribution in [0.25, 0.3) is 11.3 Å². The number of hydrogen-bond donors (Lipinski definition) is 1. The molecule has 0 aliphatic heterocycles. The van der Waals surface area contributed by atoms with Crippen LogP contribution in [0.3, 0.4) is 0 Å². The number of benzene rings is 1. The number of carbonyl (C=O) groups excluding carboxylic acids is 2. The standard InChI is InChI=1S/C16H17ClN2O3/c1-10(16(21)19(2)3)18-15(20)14-9-8-13(22-14)11-6-4-5-7-12(11)17/h4-10H,1-3H3,(H,18,20)/t10-/m1/s1. The van der Waals surface area contributed by atoms with Crippen molar-refractivity contribution in [1.29, 1.82) is 0 Å². The first-order valence-electron chi connectivity index (χ1n) is 6.77. The van der Waals surface area contributed by atoms with Crippen LogP contribution in [0.4, 0.5) is 0 Å². The number of halogens is 1. The first-order valence-corrected chi connectivity index (χ1v) is 7.14. The van der Waals surface area contributed by atoms with Crippen LogP contribution in [-0.4, -0.2) is 36.9 Å². The molecular weight excluding hydrogens is 304 g/mol. The van der Waals surface area contributed by atoms with Crippen molar-refractivity contribution in [2.75, 3.05) is 14.1 Å². The third kappa shape index (κ3) is 3.49. The largest absolute Gasteiger partial charge is 0.451 e. The van der Waals surface area contributed by atoms with Crippen molar-refractivity contribution in [2.24, 2.45) is 0 Å². The molecule has 22 heavy (non-hydrogen) atoms. The van der Waals surface area contributed by atoms with Gasteiger partial charge in [0.05, 0.1) is 5.02 Å². The van der Waals surface area contributed by atoms with Gasteiger partial charge in [0.1, 0.15) is 11.8 Å². The van der Waals surface area contributed by atoms with E-state index in [-0.39, 0.29) is 11.7 Å². The van der Waals surface area contributed by atoms with Gasteiger partial charge in [-0.25, -0.2) is 0 Å². The second-order valence-electron chi connectivity index (χ2n) is 5.07. The Labute approximate surface area is 133 Å². The molecule has 0 aliphatic carbocycles. The average Bonchev–Trinajstić information content (AvgIpc) is 2.96. The predicted molar refractivity (Wildman–Crippen MR) is 84.8 cm³/mol. The molecule has 0 spiro atoms. The highest BCUT2D eigenvalue weighted by Gasteiger charge is 2.20. The number of likely N-dealkylation sites (N-methyl/N-ethyl adjacent to an activating group) is 1. The summed E-state index contributed by atoms with van der Waals surface area (Å²) in [7, 11) is 3.26. The summed E-state index contributed by atoms with van der Waals surface area (Å²) in [6, 6.07) is 9.81. The number of amides is 2. The van der Waals surface area contributed by atoms with Gasteiger partial charge in [-0.15, -0.1) is 0 Å². The lowest BCUT2D eigenvalue weighted by molar-refractivity contribution is -0.130. The number of carbonyl (C=O) groups is 2. The summed E-state index contributed by atoms with van der Waals surface area (Å²) in [5.41, 5.74) is 0.709. The van der Waals surface area contributed by atoms with Crippen LogP contribution < -0.4 is 5.32 Å². The second kappa shape index (κ2) is 6.66. The van der Waals surface area contributed by atoms with E-state index in [0.29, 0.717) is 16.3 Å². The Kier molecular flexibility index (Phi) is 4.88. The number of nitrogens with zero attached hydrogens (tertiary/aromatic N) is 1. The van der Waals surface area contributed by atoms with E-state index in [0.717, 1.165) is 0 Å². The summed E-state index contributed by atoms with van der Waals surface area (Å²) in [4.78, 5) is 25.3. The minimum atomic E-state index is -0.628. The van der Waals surface area contributed by atoms with Crippen LogP contribution in [0, 0.1) is 0 Å². The van der Waals surface area contributed by atoms with E-state index < -0.39 is 11.9 Å². The van der Waals surface area contributed by atoms with Crippen LogP contribution in [0.15, 0.2) is 40.8 Å². The quantitative estimate of drug-likeness (QED) is 0.942. The molecule has 116 valence electrons. The van der Waals surface area contributed by atoms with Gasteiger partial charge in [0.25, 0.3) is 5.91 Å². The van der Waals surface area contributed by atoms with E-state index in [1.54, 1.807) is 45.3 Å². The maximum atomic E-state index is 12.1. The molecule has 0 unspecified atom stereocenters. The third-order valence-electron chi connectivity index (χ3n) is 3.13. The zero-order chi connectivity index (χ0) is 16.3. The van der Waals surface area contributed by atoms with Crippen molar-refractivity contribution in [2.45, 2.75) is 13.0 Å². The number of hydrogen-bond acceptors (Lipinski definition) is 3. The highest BCUT2D eigenvalue weighted by molar-refractivity contribution is 6.33. The van der Waals surface area contributed by atoms with Gasteiger partial charge >= 0.3 is 0 Å². The molecule has 0 saturated carbocycles. The minimum Gasteiger partial charge on any atom is -0.451 e. The lowest BCUT2D eigenvalue weighted by atomic mass is 10.2. The maximum Gasteiger partial charge on any atom is 0.287 e. The minimum absolute atomic E-state index is 0.133. The number of furan rings is 1. The highest BCUT2D eigenvalue weighted by Crippen LogP contribution is 2.28. The SMILES string of the molecule is C[C@@H](NC(=O)c1ccc(-c2ccccc2Cl)o1)C(=O)N(C)C. The van der Waals surface area contributed by atoms with Gasteiger partial charge in [0.2, 0.25) is 5.91 Å². The average molecular weight is 321 g/mol. The van der Waals surface area contributed by atoms with Gasteiger partial charge in [-0.2, -0.15) is 0 Å². The van der Waals surface area contributed by atoms with Crippen molar-refractivity contribution in [1.82, 2.24) is 10.2 Å². The topological polar surface area (TPSA) is 62.6 Å². The molecule has 5 nitrogen and oxygen atoms in total. The predicted octanol–water partition coefficient (Wildman–Crippen LogP) is 2.81. The molecule has 1 N–H and O–H groups in total. The highest BCUT2D eigenvalue weighted by atomic mass is 35.5. The van der Waals surface area contributed by atoms with Crippen molar-refractivity contribution in [3.8, 4) is 11.3 Å². The molecule has 6 heteroatoms. The van der Waals surface area contributed by atoms with Gasteiger partial charge in [-0.05, 0) is 31.2 Å². The molecule has 1 heterocycles. The maximum absolute atomic E-state index is 12.1. The molecular formula is C16H17ClN2O3. The summed E-state index contributed by atoms with van der Waals surface area (Å²) in [6.07, 6.45) is 0. The lowest BCUT2D eigenvalue weighted by Gasteiger charge is -2.17. The van der Waals surface area contributed by atoms with Crippen LogP contribution in [0.5, 0.6) is 0 Å². The zero-order valence-electron chi connectivity index (χ0n) is 12.6. The Balaban J connectivity index is 2.13. The molecule has 2 amide bonds. The summed E-state index contributed by atoms with van der Waals surface area (Å²) in [6.45, 7) is 1.62. The normalized spacial score (nSPS) is 11.8. The van der Waals surface area contributed by atoms with Gasteiger partial charge < -0.3 is 14.6 Å². The Morgan fingerprint density at radius 3 is 2.50 bits per heavy atom. The Morgan fingerprint density at radius 1 is 1.18 bits per heavy atom. The molecule has 0 saturated heterocycles. The third-order valence-corrected chi connectivity index (χ3v) is 3.46. The van der Waals surface area contributed by atoms with Crippen molar-refractivity contribution in [3.63, 3.8) is 0 Å². The molecule has 1 aromatic heterocycles. The summed E-state index contributed by atoms with van der Waals surface area (Å²) >= 11 is 6.10. The van der Waals surface area contributed by atoms with Gasteiger partial charge in [0.15, 0.2) is 5.76 Å². The van der Waals surface area contributed by atoms with Crippen LogP contribution in [0.2, 0.25) is 5.02 Å². The van der Waals surface area contributed by atoms with E-state index in [4.69, 9.17) is 16.0 Å². The Morgan fingerprint density at radius 2 is 1.86 bits per heavy atom. The first kappa shape index (κ1) is 16.1. The van der Waals surface area contributed by atoms with E-state index in [1.165, 1.54) is 4.90 Å². The van der Waals surface area contributed by atoms with E-state index >= 15 is 0 Å². The molecule has 0 bridgehead atoms. The molecule has 2 rings (SSSR count). The molecule has 1 atom stereocenters. The van der Waals surface area contributed by atoms with E-state index in [9.17, 15) is 9.59 Å². The van der Waals surface area contributed by atoms with Gasteiger partial charge in [-0.1, -0.05) is 23.7 Å². The van der Waals surface area contributed by atoms with Crippen LogP contribution in [0.1, 0.15) is 17.5 Å². The number of nitrogens with one attached hydrogen (secondary N) is 1. The molecule has 0 fully saturated rings. The summed E-state index contributed by atoms with van der Waals surface area (Å²) < 4.78 is 5.53. The molecule has 1 aromatic carbocycles. The smallest absolute Gasteiger partial charge is 0.287 e. The van der Waals surface area contributed by atoms with Crippen molar-refractivity contribution >= 4 is 23.4 Å². The second-order valence-corrected chi connectivity index (χ2v) is 5.48. The monoisotopic (exact) mass is 320 g/mol. The number of rotatable bonds is 4. The van der Waals surface area contributed by atoms with E-state index in [1.807, 2.05) is 12.1 Å². The Hall–Kier alpha value is -2.27. The fraction of sp³-hybridized carbons (Fsp3) is 0.250. The fourth-order valence-electron chi connectivity index (χ4n) is 1.98. The molecule has 0 radical (unpaired) electrons. The zero-order valence-corrected chi connectivity index (χ0v) is 13.3.